The van der Waals surface area contributed by atoms with E-state index < -0.39 is 0 Å². The van der Waals surface area contributed by atoms with Crippen LogP contribution in [0.3, 0.4) is 0 Å². The Morgan fingerprint density at radius 1 is 1.43 bits per heavy atom. The predicted octanol–water partition coefficient (Wildman–Crippen LogP) is 2.51. The van der Waals surface area contributed by atoms with Crippen molar-refractivity contribution < 1.29 is 4.79 Å². The molecule has 2 aromatic heterocycles. The summed E-state index contributed by atoms with van der Waals surface area (Å²) in [6.07, 6.45) is 6.20. The SMILES string of the molecule is C#CCNC(=O)CN1CCc2sccc2[C@@H]1c1cccs1. The first-order chi connectivity index (χ1) is 10.3. The average molecular weight is 316 g/mol. The van der Waals surface area contributed by atoms with Gasteiger partial charge in [-0.3, -0.25) is 9.69 Å². The van der Waals surface area contributed by atoms with Crippen molar-refractivity contribution in [2.24, 2.45) is 0 Å². The molecule has 21 heavy (non-hydrogen) atoms. The summed E-state index contributed by atoms with van der Waals surface area (Å²) in [6.45, 7) is 1.58. The lowest BCUT2D eigenvalue weighted by atomic mass is 9.98. The molecule has 108 valence electrons. The van der Waals surface area contributed by atoms with Gasteiger partial charge < -0.3 is 5.32 Å². The van der Waals surface area contributed by atoms with E-state index in [1.807, 2.05) is 11.3 Å². The van der Waals surface area contributed by atoms with Crippen molar-refractivity contribution in [3.63, 3.8) is 0 Å². The van der Waals surface area contributed by atoms with Gasteiger partial charge in [0.05, 0.1) is 19.1 Å². The molecule has 0 fully saturated rings. The molecule has 1 aliphatic heterocycles. The van der Waals surface area contributed by atoms with Gasteiger partial charge in [-0.15, -0.1) is 29.1 Å². The van der Waals surface area contributed by atoms with E-state index >= 15 is 0 Å². The summed E-state index contributed by atoms with van der Waals surface area (Å²) >= 11 is 3.56. The summed E-state index contributed by atoms with van der Waals surface area (Å²) < 4.78 is 0. The van der Waals surface area contributed by atoms with Crippen molar-refractivity contribution in [2.75, 3.05) is 19.6 Å². The van der Waals surface area contributed by atoms with Crippen LogP contribution in [0.25, 0.3) is 0 Å². The van der Waals surface area contributed by atoms with Crippen molar-refractivity contribution in [3.05, 3.63) is 44.3 Å². The van der Waals surface area contributed by atoms with Crippen LogP contribution in [0, 0.1) is 12.3 Å². The molecule has 0 radical (unpaired) electrons. The summed E-state index contributed by atoms with van der Waals surface area (Å²) in [6, 6.07) is 6.60. The number of nitrogens with zero attached hydrogens (tertiary/aromatic N) is 1. The van der Waals surface area contributed by atoms with Crippen molar-refractivity contribution in [1.82, 2.24) is 10.2 Å². The number of hydrogen-bond donors (Lipinski definition) is 1. The van der Waals surface area contributed by atoms with Gasteiger partial charge >= 0.3 is 0 Å². The second-order valence-electron chi connectivity index (χ2n) is 4.92. The number of rotatable bonds is 4. The number of nitrogens with one attached hydrogen (secondary N) is 1. The maximum absolute atomic E-state index is 12.0. The van der Waals surface area contributed by atoms with Gasteiger partial charge in [-0.05, 0) is 34.9 Å². The first kappa shape index (κ1) is 14.3. The number of amides is 1. The normalized spacial score (nSPS) is 18.0. The van der Waals surface area contributed by atoms with Crippen molar-refractivity contribution in [3.8, 4) is 12.3 Å². The minimum atomic E-state index is -0.00631. The maximum atomic E-state index is 12.0. The lowest BCUT2D eigenvalue weighted by Crippen LogP contribution is -2.42. The van der Waals surface area contributed by atoms with Gasteiger partial charge in [0.2, 0.25) is 5.91 Å². The minimum Gasteiger partial charge on any atom is -0.344 e. The summed E-state index contributed by atoms with van der Waals surface area (Å²) in [4.78, 5) is 17.0. The van der Waals surface area contributed by atoms with Gasteiger partial charge in [-0.25, -0.2) is 0 Å². The molecule has 3 nitrogen and oxygen atoms in total. The summed E-state index contributed by atoms with van der Waals surface area (Å²) in [5.41, 5.74) is 1.35. The van der Waals surface area contributed by atoms with E-state index in [9.17, 15) is 4.79 Å². The zero-order valence-electron chi connectivity index (χ0n) is 11.5. The molecule has 1 aliphatic rings. The molecular formula is C16H16N2OS2. The average Bonchev–Trinajstić information content (AvgIpc) is 3.15. The predicted molar refractivity (Wildman–Crippen MR) is 87.6 cm³/mol. The molecule has 2 aromatic rings. The van der Waals surface area contributed by atoms with Crippen LogP contribution in [-0.4, -0.2) is 30.4 Å². The number of carbonyl (C=O) groups excluding carboxylic acids is 1. The topological polar surface area (TPSA) is 32.3 Å². The highest BCUT2D eigenvalue weighted by Gasteiger charge is 2.31. The largest absolute Gasteiger partial charge is 0.344 e. The number of fused-ring (bicyclic) bond motifs is 1. The molecule has 0 aliphatic carbocycles. The minimum absolute atomic E-state index is 0.00631. The Bertz CT molecular complexity index is 654. The number of carbonyl (C=O) groups is 1. The van der Waals surface area contributed by atoms with Gasteiger partial charge in [-0.1, -0.05) is 12.0 Å². The van der Waals surface area contributed by atoms with Gasteiger partial charge in [0.25, 0.3) is 0 Å². The van der Waals surface area contributed by atoms with E-state index in [1.165, 1.54) is 15.3 Å². The van der Waals surface area contributed by atoms with Crippen LogP contribution in [0.2, 0.25) is 0 Å². The Morgan fingerprint density at radius 2 is 2.33 bits per heavy atom. The van der Waals surface area contributed by atoms with Crippen LogP contribution in [0.1, 0.15) is 21.4 Å². The van der Waals surface area contributed by atoms with E-state index in [1.54, 1.807) is 11.3 Å². The van der Waals surface area contributed by atoms with Crippen LogP contribution in [0.4, 0.5) is 0 Å². The van der Waals surface area contributed by atoms with Crippen molar-refractivity contribution in [2.45, 2.75) is 12.5 Å². The van der Waals surface area contributed by atoms with Gasteiger partial charge in [0, 0.05) is 16.3 Å². The number of thiophene rings is 2. The van der Waals surface area contributed by atoms with Crippen LogP contribution < -0.4 is 5.32 Å². The second kappa shape index (κ2) is 6.44. The third-order valence-corrected chi connectivity index (χ3v) is 5.53. The first-order valence-corrected chi connectivity index (χ1v) is 8.59. The number of hydrogen-bond acceptors (Lipinski definition) is 4. The molecule has 3 rings (SSSR count). The Balaban J connectivity index is 1.83. The molecule has 1 N–H and O–H groups in total. The standard InChI is InChI=1S/C16H16N2OS2/c1-2-7-17-15(19)11-18-8-5-13-12(6-10-21-13)16(18)14-4-3-9-20-14/h1,3-4,6,9-10,16H,5,7-8,11H2,(H,17,19)/t16-/m1/s1. The van der Waals surface area contributed by atoms with Gasteiger partial charge in [0.15, 0.2) is 0 Å². The van der Waals surface area contributed by atoms with E-state index in [0.29, 0.717) is 13.1 Å². The molecular weight excluding hydrogens is 300 g/mol. The van der Waals surface area contributed by atoms with Gasteiger partial charge in [-0.2, -0.15) is 0 Å². The van der Waals surface area contributed by atoms with Crippen molar-refractivity contribution in [1.29, 1.82) is 0 Å². The molecule has 3 heterocycles. The van der Waals surface area contributed by atoms with Crippen LogP contribution in [0.5, 0.6) is 0 Å². The quantitative estimate of drug-likeness (QED) is 0.879. The third kappa shape index (κ3) is 3.03. The Kier molecular flexibility index (Phi) is 4.39. The van der Waals surface area contributed by atoms with E-state index in [2.05, 4.69) is 45.1 Å². The third-order valence-electron chi connectivity index (χ3n) is 3.61. The highest BCUT2D eigenvalue weighted by atomic mass is 32.1. The summed E-state index contributed by atoms with van der Waals surface area (Å²) in [7, 11) is 0. The van der Waals surface area contributed by atoms with E-state index in [0.717, 1.165) is 13.0 Å². The lowest BCUT2D eigenvalue weighted by Gasteiger charge is -2.34. The molecule has 0 saturated heterocycles. The fraction of sp³-hybridized carbons (Fsp3) is 0.312. The molecule has 0 bridgehead atoms. The molecule has 1 atom stereocenters. The van der Waals surface area contributed by atoms with E-state index in [-0.39, 0.29) is 11.9 Å². The molecule has 5 heteroatoms. The fourth-order valence-corrected chi connectivity index (χ4v) is 4.49. The zero-order valence-corrected chi connectivity index (χ0v) is 13.2. The highest BCUT2D eigenvalue weighted by Crippen LogP contribution is 2.39. The van der Waals surface area contributed by atoms with Crippen LogP contribution in [-0.2, 0) is 11.2 Å². The Hall–Kier alpha value is -1.61. The summed E-state index contributed by atoms with van der Waals surface area (Å²) in [5, 5.41) is 6.99. The summed E-state index contributed by atoms with van der Waals surface area (Å²) in [5.74, 6) is 2.43. The molecule has 1 amide bonds. The molecule has 0 spiro atoms. The molecule has 0 saturated carbocycles. The smallest absolute Gasteiger partial charge is 0.234 e. The second-order valence-corrected chi connectivity index (χ2v) is 6.90. The zero-order chi connectivity index (χ0) is 14.7. The fourth-order valence-electron chi connectivity index (χ4n) is 2.71. The van der Waals surface area contributed by atoms with Crippen molar-refractivity contribution >= 4 is 28.6 Å². The lowest BCUT2D eigenvalue weighted by molar-refractivity contribution is -0.122. The monoisotopic (exact) mass is 316 g/mol. The number of terminal acetylenes is 1. The maximum Gasteiger partial charge on any atom is 0.234 e. The van der Waals surface area contributed by atoms with Gasteiger partial charge in [0.1, 0.15) is 0 Å². The van der Waals surface area contributed by atoms with Crippen LogP contribution in [0.15, 0.2) is 29.0 Å². The first-order valence-electron chi connectivity index (χ1n) is 6.83. The molecule has 0 aromatic carbocycles. The Morgan fingerprint density at radius 3 is 3.10 bits per heavy atom. The van der Waals surface area contributed by atoms with E-state index in [4.69, 9.17) is 6.42 Å². The Labute approximate surface area is 132 Å². The highest BCUT2D eigenvalue weighted by molar-refractivity contribution is 7.10. The molecule has 0 unspecified atom stereocenters. The van der Waals surface area contributed by atoms with Crippen LogP contribution >= 0.6 is 22.7 Å².